The van der Waals surface area contributed by atoms with E-state index in [1.54, 1.807) is 4.57 Å². The van der Waals surface area contributed by atoms with Gasteiger partial charge in [0.1, 0.15) is 5.82 Å². The van der Waals surface area contributed by atoms with Gasteiger partial charge in [-0.05, 0) is 30.4 Å². The number of aromatic amines is 1. The van der Waals surface area contributed by atoms with Gasteiger partial charge in [0.15, 0.2) is 4.77 Å². The summed E-state index contributed by atoms with van der Waals surface area (Å²) in [7, 11) is 1.82. The van der Waals surface area contributed by atoms with Crippen molar-refractivity contribution in [2.45, 2.75) is 6.42 Å². The molecule has 0 aliphatic rings. The molecule has 3 N–H and O–H groups in total. The molecule has 0 bridgehead atoms. The molecule has 7 nitrogen and oxygen atoms in total. The van der Waals surface area contributed by atoms with E-state index in [1.807, 2.05) is 31.3 Å². The van der Waals surface area contributed by atoms with Crippen molar-refractivity contribution >= 4 is 57.4 Å². The zero-order valence-corrected chi connectivity index (χ0v) is 16.8. The van der Waals surface area contributed by atoms with Crippen LogP contribution in [-0.2, 0) is 23.1 Å². The summed E-state index contributed by atoms with van der Waals surface area (Å²) < 4.78 is 3.21. The molecule has 1 aromatic carbocycles. The van der Waals surface area contributed by atoms with E-state index in [-0.39, 0.29) is 23.3 Å². The number of amides is 2. The normalized spacial score (nSPS) is 10.5. The first-order chi connectivity index (χ1) is 12.0. The molecule has 0 saturated heterocycles. The first-order valence-electron chi connectivity index (χ1n) is 7.46. The number of carbonyl (C=O) groups excluding carboxylic acids is 2. The molecule has 0 fully saturated rings. The highest BCUT2D eigenvalue weighted by Crippen LogP contribution is 2.15. The van der Waals surface area contributed by atoms with Crippen molar-refractivity contribution in [3.63, 3.8) is 0 Å². The van der Waals surface area contributed by atoms with Gasteiger partial charge in [0.25, 0.3) is 0 Å². The van der Waals surface area contributed by atoms with Gasteiger partial charge >= 0.3 is 0 Å². The van der Waals surface area contributed by atoms with Crippen LogP contribution < -0.4 is 10.6 Å². The number of H-pyrrole nitrogens is 1. The molecule has 0 spiro atoms. The summed E-state index contributed by atoms with van der Waals surface area (Å²) in [6, 6.07) is 7.35. The zero-order valence-electron chi connectivity index (χ0n) is 13.5. The van der Waals surface area contributed by atoms with Gasteiger partial charge in [-0.3, -0.25) is 14.7 Å². The van der Waals surface area contributed by atoms with E-state index in [0.717, 1.165) is 16.0 Å². The van der Waals surface area contributed by atoms with E-state index in [9.17, 15) is 9.59 Å². The number of aromatic nitrogens is 3. The molecular weight excluding hydrogens is 426 g/mol. The molecule has 0 atom stereocenters. The van der Waals surface area contributed by atoms with Crippen LogP contribution in [0, 0.1) is 4.77 Å². The highest BCUT2D eigenvalue weighted by molar-refractivity contribution is 9.10. The van der Waals surface area contributed by atoms with Gasteiger partial charge in [-0.15, -0.1) is 11.8 Å². The smallest absolute Gasteiger partial charge is 0.234 e. The van der Waals surface area contributed by atoms with Crippen molar-refractivity contribution in [2.75, 3.05) is 23.4 Å². The SMILES string of the molecule is Cn1c(CCNC(=O)CSCC(=O)Nc2cccc(Br)c2)n[nH]c1=S. The Kier molecular flexibility index (Phi) is 7.66. The number of carbonyl (C=O) groups is 2. The van der Waals surface area contributed by atoms with Gasteiger partial charge < -0.3 is 15.2 Å². The third-order valence-corrected chi connectivity index (χ3v) is 5.01. The van der Waals surface area contributed by atoms with Crippen molar-refractivity contribution in [3.8, 4) is 0 Å². The maximum atomic E-state index is 11.8. The molecular formula is C15H18BrN5O2S2. The van der Waals surface area contributed by atoms with E-state index >= 15 is 0 Å². The van der Waals surface area contributed by atoms with E-state index in [4.69, 9.17) is 12.2 Å². The van der Waals surface area contributed by atoms with Crippen LogP contribution >= 0.6 is 39.9 Å². The van der Waals surface area contributed by atoms with Gasteiger partial charge in [-0.25, -0.2) is 0 Å². The van der Waals surface area contributed by atoms with Crippen molar-refractivity contribution in [3.05, 3.63) is 39.3 Å². The quantitative estimate of drug-likeness (QED) is 0.544. The second-order valence-electron chi connectivity index (χ2n) is 5.16. The number of hydrogen-bond donors (Lipinski definition) is 3. The average Bonchev–Trinajstić information content (AvgIpc) is 2.87. The Labute approximate surface area is 163 Å². The van der Waals surface area contributed by atoms with Crippen molar-refractivity contribution in [1.29, 1.82) is 0 Å². The van der Waals surface area contributed by atoms with Crippen LogP contribution in [0.5, 0.6) is 0 Å². The lowest BCUT2D eigenvalue weighted by Crippen LogP contribution is -2.28. The molecule has 2 amide bonds. The second kappa shape index (κ2) is 9.73. The number of benzene rings is 1. The Hall–Kier alpha value is -1.65. The summed E-state index contributed by atoms with van der Waals surface area (Å²) in [5.41, 5.74) is 0.720. The van der Waals surface area contributed by atoms with E-state index < -0.39 is 0 Å². The fourth-order valence-corrected chi connectivity index (χ4v) is 3.17. The minimum atomic E-state index is -0.141. The highest BCUT2D eigenvalue weighted by Gasteiger charge is 2.07. The fraction of sp³-hybridized carbons (Fsp3) is 0.333. The maximum absolute atomic E-state index is 11.8. The lowest BCUT2D eigenvalue weighted by atomic mass is 10.3. The third-order valence-electron chi connectivity index (χ3n) is 3.22. The number of anilines is 1. The minimum Gasteiger partial charge on any atom is -0.355 e. The molecule has 0 aliphatic heterocycles. The summed E-state index contributed by atoms with van der Waals surface area (Å²) in [6.45, 7) is 0.469. The number of hydrogen-bond acceptors (Lipinski definition) is 5. The van der Waals surface area contributed by atoms with Crippen LogP contribution in [0.1, 0.15) is 5.82 Å². The predicted molar refractivity (Wildman–Crippen MR) is 105 cm³/mol. The first-order valence-corrected chi connectivity index (χ1v) is 9.81. The summed E-state index contributed by atoms with van der Waals surface area (Å²) in [5.74, 6) is 0.971. The van der Waals surface area contributed by atoms with Crippen molar-refractivity contribution in [1.82, 2.24) is 20.1 Å². The average molecular weight is 444 g/mol. The number of thioether (sulfide) groups is 1. The first kappa shape index (κ1) is 19.7. The zero-order chi connectivity index (χ0) is 18.2. The van der Waals surface area contributed by atoms with Crippen molar-refractivity contribution in [2.24, 2.45) is 7.05 Å². The van der Waals surface area contributed by atoms with E-state index in [0.29, 0.717) is 17.7 Å². The fourth-order valence-electron chi connectivity index (χ4n) is 1.97. The molecule has 0 radical (unpaired) electrons. The van der Waals surface area contributed by atoms with Crippen LogP contribution in [0.3, 0.4) is 0 Å². The number of nitrogens with zero attached hydrogens (tertiary/aromatic N) is 2. The molecule has 25 heavy (non-hydrogen) atoms. The lowest BCUT2D eigenvalue weighted by Gasteiger charge is -2.06. The minimum absolute atomic E-state index is 0.114. The van der Waals surface area contributed by atoms with Gasteiger partial charge in [-0.1, -0.05) is 22.0 Å². The summed E-state index contributed by atoms with van der Waals surface area (Å²) >= 11 is 9.64. The Bertz CT molecular complexity index is 805. The van der Waals surface area contributed by atoms with Crippen molar-refractivity contribution < 1.29 is 9.59 Å². The van der Waals surface area contributed by atoms with Crippen LogP contribution in [0.2, 0.25) is 0 Å². The topological polar surface area (TPSA) is 91.8 Å². The molecule has 2 aromatic rings. The second-order valence-corrected chi connectivity index (χ2v) is 7.44. The van der Waals surface area contributed by atoms with E-state index in [1.165, 1.54) is 11.8 Å². The van der Waals surface area contributed by atoms with Gasteiger partial charge in [0.05, 0.1) is 11.5 Å². The predicted octanol–water partition coefficient (Wildman–Crippen LogP) is 2.27. The standard InChI is InChI=1S/C15H18BrN5O2S2/c1-21-12(19-20-15(21)24)5-6-17-13(22)8-25-9-14(23)18-11-4-2-3-10(16)7-11/h2-4,7H,5-6,8-9H2,1H3,(H,17,22)(H,18,23)(H,20,24). The maximum Gasteiger partial charge on any atom is 0.234 e. The highest BCUT2D eigenvalue weighted by atomic mass is 79.9. The Morgan fingerprint density at radius 1 is 1.36 bits per heavy atom. The van der Waals surface area contributed by atoms with Crippen LogP contribution in [-0.4, -0.2) is 44.6 Å². The largest absolute Gasteiger partial charge is 0.355 e. The molecule has 2 rings (SSSR count). The Balaban J connectivity index is 1.62. The molecule has 0 aliphatic carbocycles. The molecule has 1 heterocycles. The number of nitrogens with one attached hydrogen (secondary N) is 3. The Morgan fingerprint density at radius 2 is 2.12 bits per heavy atom. The monoisotopic (exact) mass is 443 g/mol. The van der Waals surface area contributed by atoms with Gasteiger partial charge in [0, 0.05) is 30.2 Å². The number of rotatable bonds is 8. The summed E-state index contributed by atoms with van der Waals surface area (Å²) in [4.78, 5) is 23.6. The molecule has 10 heteroatoms. The molecule has 1 aromatic heterocycles. The third kappa shape index (κ3) is 6.63. The molecule has 134 valence electrons. The van der Waals surface area contributed by atoms with Crippen LogP contribution in [0.4, 0.5) is 5.69 Å². The number of halogens is 1. The van der Waals surface area contributed by atoms with Gasteiger partial charge in [-0.2, -0.15) is 5.10 Å². The van der Waals surface area contributed by atoms with Crippen LogP contribution in [0.25, 0.3) is 0 Å². The van der Waals surface area contributed by atoms with E-state index in [2.05, 4.69) is 36.8 Å². The lowest BCUT2D eigenvalue weighted by molar-refractivity contribution is -0.118. The Morgan fingerprint density at radius 3 is 2.80 bits per heavy atom. The summed E-state index contributed by atoms with van der Waals surface area (Å²) in [5, 5.41) is 12.4. The van der Waals surface area contributed by atoms with Crippen LogP contribution in [0.15, 0.2) is 28.7 Å². The molecule has 0 saturated carbocycles. The van der Waals surface area contributed by atoms with Gasteiger partial charge in [0.2, 0.25) is 11.8 Å². The summed E-state index contributed by atoms with van der Waals surface area (Å²) in [6.07, 6.45) is 0.587. The molecule has 0 unspecified atom stereocenters.